The summed E-state index contributed by atoms with van der Waals surface area (Å²) in [4.78, 5) is 22.6. The fourth-order valence-corrected chi connectivity index (χ4v) is 3.59. The lowest BCUT2D eigenvalue weighted by molar-refractivity contribution is -0.0294. The van der Waals surface area contributed by atoms with Crippen molar-refractivity contribution in [3.8, 4) is 0 Å². The Bertz CT molecular complexity index is 1010. The number of amides is 1. The number of hydrogen-bond acceptors (Lipinski definition) is 7. The summed E-state index contributed by atoms with van der Waals surface area (Å²) < 4.78 is 14.3. The van der Waals surface area contributed by atoms with E-state index in [4.69, 9.17) is 9.94 Å². The third-order valence-corrected chi connectivity index (χ3v) is 4.96. The number of rotatable bonds is 7. The predicted molar refractivity (Wildman–Crippen MR) is 105 cm³/mol. The molecule has 9 heteroatoms. The predicted octanol–water partition coefficient (Wildman–Crippen LogP) is 2.81. The number of carbonyl (C=O) groups excluding carboxylic acids is 1. The zero-order valence-electron chi connectivity index (χ0n) is 15.3. The number of nitrogens with zero attached hydrogens (tertiary/aromatic N) is 1. The third kappa shape index (κ3) is 4.45. The largest absolute Gasteiger partial charge is 0.394 e. The number of fused-ring (bicyclic) bond motifs is 1. The van der Waals surface area contributed by atoms with E-state index in [0.29, 0.717) is 15.2 Å². The number of anilines is 2. The second kappa shape index (κ2) is 8.61. The maximum atomic E-state index is 14.3. The molecule has 0 aliphatic carbocycles. The Labute approximate surface area is 164 Å². The molecule has 7 nitrogen and oxygen atoms in total. The lowest BCUT2D eigenvalue weighted by Gasteiger charge is -2.11. The summed E-state index contributed by atoms with van der Waals surface area (Å²) >= 11 is 1.22. The van der Waals surface area contributed by atoms with Gasteiger partial charge >= 0.3 is 0 Å². The summed E-state index contributed by atoms with van der Waals surface area (Å²) in [6.45, 7) is 2.89. The summed E-state index contributed by atoms with van der Waals surface area (Å²) in [5.74, 6) is -1.01. The molecule has 0 saturated carbocycles. The maximum absolute atomic E-state index is 14.3. The molecule has 0 radical (unpaired) electrons. The Balaban J connectivity index is 1.95. The summed E-state index contributed by atoms with van der Waals surface area (Å²) in [5.41, 5.74) is 4.39. The van der Waals surface area contributed by atoms with Gasteiger partial charge in [-0.3, -0.25) is 9.63 Å². The number of nitrogens with one attached hydrogen (secondary N) is 2. The number of hydrogen-bond donors (Lipinski definition) is 4. The molecule has 0 spiro atoms. The van der Waals surface area contributed by atoms with Gasteiger partial charge in [-0.2, -0.15) is 0 Å². The molecular formula is C19H20FN3O4S. The molecule has 0 bridgehead atoms. The second-order valence-corrected chi connectivity index (χ2v) is 7.36. The maximum Gasteiger partial charge on any atom is 0.278 e. The first-order chi connectivity index (χ1) is 13.4. The molecule has 1 amide bonds. The molecule has 2 aromatic heterocycles. The third-order valence-electron chi connectivity index (χ3n) is 3.93. The molecular weight excluding hydrogens is 385 g/mol. The van der Waals surface area contributed by atoms with Crippen molar-refractivity contribution in [2.45, 2.75) is 20.0 Å². The van der Waals surface area contributed by atoms with Gasteiger partial charge in [-0.05, 0) is 43.2 Å². The van der Waals surface area contributed by atoms with Crippen LogP contribution in [0, 0.1) is 19.7 Å². The van der Waals surface area contributed by atoms with E-state index in [9.17, 15) is 14.3 Å². The number of aliphatic hydroxyl groups is 2. The van der Waals surface area contributed by atoms with Crippen LogP contribution in [0.1, 0.15) is 21.5 Å². The van der Waals surface area contributed by atoms with E-state index in [1.165, 1.54) is 17.4 Å². The van der Waals surface area contributed by atoms with Crippen molar-refractivity contribution in [2.75, 3.05) is 18.5 Å². The molecule has 148 valence electrons. The zero-order chi connectivity index (χ0) is 20.3. The standard InChI is InChI=1S/C19H20FN3O4S/c1-10-3-4-15(14(20)6-10)22-19-16(17(26)23-27-9-12(25)8-24)13-5-11(2)7-21-18(13)28-19/h3-7,12,22,24-25H,8-9H2,1-2H3,(H,23,26)/t12-/m1/s1. The van der Waals surface area contributed by atoms with Gasteiger partial charge in [0.1, 0.15) is 28.4 Å². The van der Waals surface area contributed by atoms with Crippen molar-refractivity contribution >= 4 is 38.1 Å². The van der Waals surface area contributed by atoms with Crippen LogP contribution in [0.2, 0.25) is 0 Å². The lowest BCUT2D eigenvalue weighted by atomic mass is 10.1. The van der Waals surface area contributed by atoms with Gasteiger partial charge in [0.2, 0.25) is 0 Å². The van der Waals surface area contributed by atoms with E-state index >= 15 is 0 Å². The number of aromatic nitrogens is 1. The number of aryl methyl sites for hydroxylation is 2. The number of benzene rings is 1. The van der Waals surface area contributed by atoms with Crippen molar-refractivity contribution < 1.29 is 24.2 Å². The topological polar surface area (TPSA) is 104 Å². The molecule has 0 aliphatic rings. The molecule has 28 heavy (non-hydrogen) atoms. The highest BCUT2D eigenvalue weighted by Crippen LogP contribution is 2.37. The fourth-order valence-electron chi connectivity index (χ4n) is 2.55. The Hall–Kier alpha value is -2.59. The zero-order valence-corrected chi connectivity index (χ0v) is 16.1. The fraction of sp³-hybridized carbons (Fsp3) is 0.263. The molecule has 1 atom stereocenters. The van der Waals surface area contributed by atoms with Crippen LogP contribution in [-0.2, 0) is 4.84 Å². The monoisotopic (exact) mass is 405 g/mol. The molecule has 0 aliphatic heterocycles. The van der Waals surface area contributed by atoms with Crippen molar-refractivity contribution in [3.05, 3.63) is 53.0 Å². The first kappa shape index (κ1) is 20.2. The molecule has 4 N–H and O–H groups in total. The highest BCUT2D eigenvalue weighted by atomic mass is 32.1. The van der Waals surface area contributed by atoms with Crippen LogP contribution in [0.5, 0.6) is 0 Å². The molecule has 1 aromatic carbocycles. The van der Waals surface area contributed by atoms with Gasteiger partial charge < -0.3 is 15.5 Å². The number of hydroxylamine groups is 1. The summed E-state index contributed by atoms with van der Waals surface area (Å²) in [6, 6.07) is 6.58. The molecule has 0 unspecified atom stereocenters. The van der Waals surface area contributed by atoms with Crippen LogP contribution < -0.4 is 10.8 Å². The van der Waals surface area contributed by atoms with E-state index in [1.54, 1.807) is 25.3 Å². The van der Waals surface area contributed by atoms with E-state index in [-0.39, 0.29) is 17.9 Å². The summed E-state index contributed by atoms with van der Waals surface area (Å²) in [6.07, 6.45) is 0.577. The van der Waals surface area contributed by atoms with Gasteiger partial charge in [0, 0.05) is 11.6 Å². The van der Waals surface area contributed by atoms with Gasteiger partial charge in [-0.25, -0.2) is 14.9 Å². The van der Waals surface area contributed by atoms with E-state index in [1.807, 2.05) is 13.0 Å². The average molecular weight is 405 g/mol. The van der Waals surface area contributed by atoms with Gasteiger partial charge in [-0.15, -0.1) is 0 Å². The second-order valence-electron chi connectivity index (χ2n) is 6.36. The first-order valence-corrected chi connectivity index (χ1v) is 9.34. The smallest absolute Gasteiger partial charge is 0.278 e. The highest BCUT2D eigenvalue weighted by molar-refractivity contribution is 7.23. The molecule has 0 fully saturated rings. The van der Waals surface area contributed by atoms with Gasteiger partial charge in [0.25, 0.3) is 5.91 Å². The Morgan fingerprint density at radius 2 is 2.11 bits per heavy atom. The summed E-state index contributed by atoms with van der Waals surface area (Å²) in [5, 5.41) is 22.1. The number of carbonyl (C=O) groups is 1. The number of aliphatic hydroxyl groups excluding tert-OH is 2. The van der Waals surface area contributed by atoms with Crippen LogP contribution in [0.4, 0.5) is 15.1 Å². The van der Waals surface area contributed by atoms with Crippen LogP contribution >= 0.6 is 11.3 Å². The minimum atomic E-state index is -1.11. The van der Waals surface area contributed by atoms with Crippen LogP contribution in [-0.4, -0.2) is 40.4 Å². The molecule has 3 aromatic rings. The number of thiophene rings is 1. The van der Waals surface area contributed by atoms with Gasteiger partial charge in [-0.1, -0.05) is 17.4 Å². The SMILES string of the molecule is Cc1ccc(Nc2sc3ncc(C)cc3c2C(=O)NOC[C@H](O)CO)c(F)c1. The van der Waals surface area contributed by atoms with Crippen molar-refractivity contribution in [3.63, 3.8) is 0 Å². The normalized spacial score (nSPS) is 12.2. The highest BCUT2D eigenvalue weighted by Gasteiger charge is 2.21. The van der Waals surface area contributed by atoms with Crippen LogP contribution in [0.25, 0.3) is 10.2 Å². The van der Waals surface area contributed by atoms with Gasteiger partial charge in [0.05, 0.1) is 17.9 Å². The minimum absolute atomic E-state index is 0.236. The van der Waals surface area contributed by atoms with E-state index < -0.39 is 24.4 Å². The number of halogens is 1. The lowest BCUT2D eigenvalue weighted by Crippen LogP contribution is -2.30. The Kier molecular flexibility index (Phi) is 6.20. The molecule has 2 heterocycles. The van der Waals surface area contributed by atoms with Crippen molar-refractivity contribution in [1.29, 1.82) is 0 Å². The van der Waals surface area contributed by atoms with Crippen LogP contribution in [0.3, 0.4) is 0 Å². The number of pyridine rings is 1. The van der Waals surface area contributed by atoms with Crippen LogP contribution in [0.15, 0.2) is 30.5 Å². The van der Waals surface area contributed by atoms with E-state index in [0.717, 1.165) is 11.1 Å². The Morgan fingerprint density at radius 3 is 2.82 bits per heavy atom. The minimum Gasteiger partial charge on any atom is -0.394 e. The van der Waals surface area contributed by atoms with Crippen molar-refractivity contribution in [1.82, 2.24) is 10.5 Å². The Morgan fingerprint density at radius 1 is 1.32 bits per heavy atom. The quantitative estimate of drug-likeness (QED) is 0.451. The van der Waals surface area contributed by atoms with Crippen molar-refractivity contribution in [2.24, 2.45) is 0 Å². The molecule has 0 saturated heterocycles. The average Bonchev–Trinajstić information content (AvgIpc) is 3.00. The van der Waals surface area contributed by atoms with Gasteiger partial charge in [0.15, 0.2) is 0 Å². The molecule has 3 rings (SSSR count). The summed E-state index contributed by atoms with van der Waals surface area (Å²) in [7, 11) is 0. The first-order valence-electron chi connectivity index (χ1n) is 8.52. The van der Waals surface area contributed by atoms with E-state index in [2.05, 4.69) is 15.8 Å².